The SMILES string of the molecule is O=C(CCc1ccccc1)NCc1cccc(-c2n[nH]c3ccc(C(=O)O)cc23)c1. The minimum absolute atomic E-state index is 0.000533. The topological polar surface area (TPSA) is 95.1 Å². The van der Waals surface area contributed by atoms with Crippen LogP contribution in [0.4, 0.5) is 0 Å². The highest BCUT2D eigenvalue weighted by atomic mass is 16.4. The van der Waals surface area contributed by atoms with Crippen LogP contribution in [-0.2, 0) is 17.8 Å². The second-order valence-electron chi connectivity index (χ2n) is 7.10. The molecule has 0 aliphatic heterocycles. The third-order valence-electron chi connectivity index (χ3n) is 4.98. The first-order valence-electron chi connectivity index (χ1n) is 9.71. The Kier molecular flexibility index (Phi) is 5.57. The lowest BCUT2D eigenvalue weighted by Crippen LogP contribution is -2.23. The summed E-state index contributed by atoms with van der Waals surface area (Å²) in [4.78, 5) is 23.5. The van der Waals surface area contributed by atoms with Gasteiger partial charge in [0.25, 0.3) is 0 Å². The minimum atomic E-state index is -0.976. The molecular formula is C24H21N3O3. The lowest BCUT2D eigenvalue weighted by Gasteiger charge is -2.07. The van der Waals surface area contributed by atoms with E-state index in [0.717, 1.165) is 27.6 Å². The first kappa shape index (κ1) is 19.4. The number of carboxylic acids is 1. The summed E-state index contributed by atoms with van der Waals surface area (Å²) in [6.07, 6.45) is 1.14. The van der Waals surface area contributed by atoms with Gasteiger partial charge in [-0.15, -0.1) is 0 Å². The third-order valence-corrected chi connectivity index (χ3v) is 4.98. The molecule has 0 atom stereocenters. The minimum Gasteiger partial charge on any atom is -0.478 e. The number of carbonyl (C=O) groups is 2. The molecule has 4 rings (SSSR count). The van der Waals surface area contributed by atoms with Crippen molar-refractivity contribution in [3.8, 4) is 11.3 Å². The van der Waals surface area contributed by atoms with Gasteiger partial charge in [-0.05, 0) is 41.8 Å². The number of amides is 1. The number of benzene rings is 3. The van der Waals surface area contributed by atoms with Gasteiger partial charge < -0.3 is 10.4 Å². The van der Waals surface area contributed by atoms with Gasteiger partial charge in [-0.2, -0.15) is 5.10 Å². The number of carbonyl (C=O) groups excluding carboxylic acids is 1. The predicted octanol–water partition coefficient (Wildman–Crippen LogP) is 4.18. The Hall–Kier alpha value is -3.93. The van der Waals surface area contributed by atoms with Crippen molar-refractivity contribution < 1.29 is 14.7 Å². The molecule has 1 amide bonds. The summed E-state index contributed by atoms with van der Waals surface area (Å²) < 4.78 is 0. The molecule has 1 aromatic heterocycles. The Bertz CT molecular complexity index is 1200. The maximum Gasteiger partial charge on any atom is 0.335 e. The molecule has 3 aromatic carbocycles. The van der Waals surface area contributed by atoms with E-state index in [-0.39, 0.29) is 11.5 Å². The van der Waals surface area contributed by atoms with Gasteiger partial charge in [-0.3, -0.25) is 9.89 Å². The number of aromatic carboxylic acids is 1. The van der Waals surface area contributed by atoms with Crippen LogP contribution in [0.25, 0.3) is 22.2 Å². The van der Waals surface area contributed by atoms with Crippen LogP contribution in [-0.4, -0.2) is 27.2 Å². The maximum atomic E-state index is 12.2. The van der Waals surface area contributed by atoms with E-state index in [2.05, 4.69) is 15.5 Å². The van der Waals surface area contributed by atoms with Crippen LogP contribution in [0.5, 0.6) is 0 Å². The maximum absolute atomic E-state index is 12.2. The van der Waals surface area contributed by atoms with Gasteiger partial charge in [0.2, 0.25) is 5.91 Å². The van der Waals surface area contributed by atoms with Gasteiger partial charge in [-0.1, -0.05) is 48.5 Å². The van der Waals surface area contributed by atoms with Crippen LogP contribution in [0.15, 0.2) is 72.8 Å². The van der Waals surface area contributed by atoms with Gasteiger partial charge in [0.15, 0.2) is 0 Å². The van der Waals surface area contributed by atoms with Crippen molar-refractivity contribution in [3.63, 3.8) is 0 Å². The molecule has 0 aliphatic carbocycles. The van der Waals surface area contributed by atoms with Crippen LogP contribution < -0.4 is 5.32 Å². The van der Waals surface area contributed by atoms with E-state index in [1.807, 2.05) is 54.6 Å². The molecular weight excluding hydrogens is 378 g/mol. The first-order valence-corrected chi connectivity index (χ1v) is 9.71. The molecule has 0 spiro atoms. The van der Waals surface area contributed by atoms with Crippen LogP contribution in [0.2, 0.25) is 0 Å². The summed E-state index contributed by atoms with van der Waals surface area (Å²) in [6.45, 7) is 0.421. The van der Waals surface area contributed by atoms with E-state index in [4.69, 9.17) is 0 Å². The quantitative estimate of drug-likeness (QED) is 0.434. The monoisotopic (exact) mass is 399 g/mol. The van der Waals surface area contributed by atoms with Crippen molar-refractivity contribution in [2.45, 2.75) is 19.4 Å². The number of rotatable bonds is 7. The Labute approximate surface area is 173 Å². The van der Waals surface area contributed by atoms with Crippen molar-refractivity contribution in [2.24, 2.45) is 0 Å². The molecule has 150 valence electrons. The van der Waals surface area contributed by atoms with E-state index in [9.17, 15) is 14.7 Å². The average Bonchev–Trinajstić information content (AvgIpc) is 3.20. The fourth-order valence-corrected chi connectivity index (χ4v) is 3.39. The number of hydrogen-bond donors (Lipinski definition) is 3. The number of aromatic nitrogens is 2. The smallest absolute Gasteiger partial charge is 0.335 e. The Morgan fingerprint density at radius 1 is 0.933 bits per heavy atom. The van der Waals surface area contributed by atoms with Crippen LogP contribution in [0.1, 0.15) is 27.9 Å². The molecule has 0 fully saturated rings. The summed E-state index contributed by atoms with van der Waals surface area (Å²) in [5.74, 6) is -0.975. The molecule has 0 aliphatic rings. The molecule has 0 saturated heterocycles. The predicted molar refractivity (Wildman–Crippen MR) is 115 cm³/mol. The Morgan fingerprint density at radius 3 is 2.53 bits per heavy atom. The summed E-state index contributed by atoms with van der Waals surface area (Å²) in [5, 5.41) is 20.3. The van der Waals surface area contributed by atoms with Gasteiger partial charge in [-0.25, -0.2) is 4.79 Å². The van der Waals surface area contributed by atoms with E-state index in [0.29, 0.717) is 25.1 Å². The average molecular weight is 399 g/mol. The van der Waals surface area contributed by atoms with Crippen molar-refractivity contribution in [3.05, 3.63) is 89.5 Å². The number of carboxylic acid groups (broad SMARTS) is 1. The number of nitrogens with one attached hydrogen (secondary N) is 2. The van der Waals surface area contributed by atoms with Gasteiger partial charge in [0.1, 0.15) is 0 Å². The summed E-state index contributed by atoms with van der Waals surface area (Å²) in [6, 6.07) is 22.5. The lowest BCUT2D eigenvalue weighted by atomic mass is 10.0. The molecule has 6 nitrogen and oxygen atoms in total. The Morgan fingerprint density at radius 2 is 1.73 bits per heavy atom. The first-order chi connectivity index (χ1) is 14.6. The van der Waals surface area contributed by atoms with Crippen LogP contribution >= 0.6 is 0 Å². The fraction of sp³-hybridized carbons (Fsp3) is 0.125. The number of fused-ring (bicyclic) bond motifs is 1. The number of H-pyrrole nitrogens is 1. The van der Waals surface area contributed by atoms with Crippen molar-refractivity contribution >= 4 is 22.8 Å². The highest BCUT2D eigenvalue weighted by Crippen LogP contribution is 2.27. The van der Waals surface area contributed by atoms with Crippen molar-refractivity contribution in [1.82, 2.24) is 15.5 Å². The molecule has 6 heteroatoms. The van der Waals surface area contributed by atoms with Gasteiger partial charge in [0, 0.05) is 23.9 Å². The lowest BCUT2D eigenvalue weighted by molar-refractivity contribution is -0.121. The van der Waals surface area contributed by atoms with Gasteiger partial charge in [0.05, 0.1) is 16.8 Å². The van der Waals surface area contributed by atoms with Crippen LogP contribution in [0, 0.1) is 0 Å². The van der Waals surface area contributed by atoms with E-state index in [1.165, 1.54) is 0 Å². The molecule has 4 aromatic rings. The molecule has 1 heterocycles. The van der Waals surface area contributed by atoms with E-state index in [1.54, 1.807) is 18.2 Å². The van der Waals surface area contributed by atoms with Crippen LogP contribution in [0.3, 0.4) is 0 Å². The summed E-state index contributed by atoms with van der Waals surface area (Å²) >= 11 is 0. The largest absolute Gasteiger partial charge is 0.478 e. The normalized spacial score (nSPS) is 10.8. The van der Waals surface area contributed by atoms with E-state index < -0.39 is 5.97 Å². The molecule has 0 radical (unpaired) electrons. The second-order valence-corrected chi connectivity index (χ2v) is 7.10. The zero-order valence-corrected chi connectivity index (χ0v) is 16.3. The number of hydrogen-bond acceptors (Lipinski definition) is 3. The third kappa shape index (κ3) is 4.38. The van der Waals surface area contributed by atoms with Crippen molar-refractivity contribution in [2.75, 3.05) is 0 Å². The molecule has 0 bridgehead atoms. The highest BCUT2D eigenvalue weighted by molar-refractivity contribution is 5.98. The molecule has 30 heavy (non-hydrogen) atoms. The fourth-order valence-electron chi connectivity index (χ4n) is 3.39. The number of aryl methyl sites for hydroxylation is 1. The summed E-state index contributed by atoms with van der Waals surface area (Å²) in [7, 11) is 0. The second kappa shape index (κ2) is 8.61. The Balaban J connectivity index is 1.45. The summed E-state index contributed by atoms with van der Waals surface area (Å²) in [5.41, 5.74) is 4.62. The zero-order valence-electron chi connectivity index (χ0n) is 16.3. The molecule has 0 saturated carbocycles. The zero-order chi connectivity index (χ0) is 20.9. The number of aromatic amines is 1. The van der Waals surface area contributed by atoms with Gasteiger partial charge >= 0.3 is 5.97 Å². The van der Waals surface area contributed by atoms with E-state index >= 15 is 0 Å². The standard InChI is InChI=1S/C24H21N3O3/c28-22(12-9-16-5-2-1-3-6-16)25-15-17-7-4-8-18(13-17)23-20-14-19(24(29)30)10-11-21(20)26-27-23/h1-8,10-11,13-14H,9,12,15H2,(H,25,28)(H,26,27)(H,29,30). The van der Waals surface area contributed by atoms with Crippen molar-refractivity contribution in [1.29, 1.82) is 0 Å². The number of nitrogens with zero attached hydrogens (tertiary/aromatic N) is 1. The molecule has 3 N–H and O–H groups in total. The molecule has 0 unspecified atom stereocenters. The highest BCUT2D eigenvalue weighted by Gasteiger charge is 2.12.